The number of hydrogen-bond acceptors (Lipinski definition) is 2. The molecule has 1 fully saturated rings. The summed E-state index contributed by atoms with van der Waals surface area (Å²) >= 11 is 5.35. The lowest BCUT2D eigenvalue weighted by molar-refractivity contribution is -0.119. The Balaban J connectivity index is 2.75. The minimum atomic E-state index is -0.847. The fourth-order valence-corrected chi connectivity index (χ4v) is 1.74. The van der Waals surface area contributed by atoms with Crippen LogP contribution in [0, 0.1) is 16.7 Å². The van der Waals surface area contributed by atoms with Crippen LogP contribution >= 0.6 is 11.6 Å². The standard InChI is InChI=1S/C8H10ClNO/c9-7(11)8(6-10)4-2-1-3-5-8/h1-5H2. The highest BCUT2D eigenvalue weighted by Crippen LogP contribution is 2.37. The van der Waals surface area contributed by atoms with Gasteiger partial charge in [-0.1, -0.05) is 19.3 Å². The molecule has 0 aliphatic heterocycles. The molecule has 0 heterocycles. The molecule has 1 aliphatic rings. The molecule has 0 saturated heterocycles. The predicted octanol–water partition coefficient (Wildman–Crippen LogP) is 2.23. The van der Waals surface area contributed by atoms with Gasteiger partial charge in [0.25, 0.3) is 0 Å². The summed E-state index contributed by atoms with van der Waals surface area (Å²) in [7, 11) is 0. The Hall–Kier alpha value is -0.550. The van der Waals surface area contributed by atoms with Crippen LogP contribution in [0.5, 0.6) is 0 Å². The van der Waals surface area contributed by atoms with E-state index in [1.807, 2.05) is 6.07 Å². The van der Waals surface area contributed by atoms with Gasteiger partial charge in [0, 0.05) is 0 Å². The van der Waals surface area contributed by atoms with Gasteiger partial charge in [-0.3, -0.25) is 4.79 Å². The molecular weight excluding hydrogens is 162 g/mol. The maximum atomic E-state index is 10.9. The van der Waals surface area contributed by atoms with Crippen molar-refractivity contribution >= 4 is 16.8 Å². The first-order valence-corrected chi connectivity index (χ1v) is 4.20. The van der Waals surface area contributed by atoms with E-state index in [2.05, 4.69) is 0 Å². The van der Waals surface area contributed by atoms with E-state index in [9.17, 15) is 4.79 Å². The molecule has 0 N–H and O–H groups in total. The molecule has 1 saturated carbocycles. The summed E-state index contributed by atoms with van der Waals surface area (Å²) in [4.78, 5) is 10.9. The first-order chi connectivity index (χ1) is 5.21. The minimum Gasteiger partial charge on any atom is -0.279 e. The fraction of sp³-hybridized carbons (Fsp3) is 0.750. The van der Waals surface area contributed by atoms with Gasteiger partial charge >= 0.3 is 0 Å². The number of rotatable bonds is 1. The number of carbonyl (C=O) groups is 1. The maximum absolute atomic E-state index is 10.9. The molecule has 0 aromatic carbocycles. The summed E-state index contributed by atoms with van der Waals surface area (Å²) in [5.41, 5.74) is -0.847. The van der Waals surface area contributed by atoms with Crippen molar-refractivity contribution in [3.8, 4) is 6.07 Å². The average Bonchev–Trinajstić information content (AvgIpc) is 2.05. The number of carbonyl (C=O) groups excluding carboxylic acids is 1. The zero-order valence-corrected chi connectivity index (χ0v) is 7.02. The van der Waals surface area contributed by atoms with Crippen molar-refractivity contribution in [2.24, 2.45) is 5.41 Å². The van der Waals surface area contributed by atoms with Crippen LogP contribution in [0.25, 0.3) is 0 Å². The molecule has 0 spiro atoms. The van der Waals surface area contributed by atoms with Crippen LogP contribution in [0.2, 0.25) is 0 Å². The third-order valence-electron chi connectivity index (χ3n) is 2.30. The molecule has 1 aliphatic carbocycles. The van der Waals surface area contributed by atoms with E-state index >= 15 is 0 Å². The highest BCUT2D eigenvalue weighted by atomic mass is 35.5. The third-order valence-corrected chi connectivity index (χ3v) is 2.66. The zero-order valence-electron chi connectivity index (χ0n) is 6.27. The Morgan fingerprint density at radius 3 is 2.18 bits per heavy atom. The first-order valence-electron chi connectivity index (χ1n) is 3.82. The van der Waals surface area contributed by atoms with Crippen molar-refractivity contribution in [1.82, 2.24) is 0 Å². The molecule has 0 unspecified atom stereocenters. The van der Waals surface area contributed by atoms with E-state index in [1.54, 1.807) is 0 Å². The van der Waals surface area contributed by atoms with Crippen LogP contribution in [0.1, 0.15) is 32.1 Å². The highest BCUT2D eigenvalue weighted by Gasteiger charge is 2.38. The minimum absolute atomic E-state index is 0.472. The smallest absolute Gasteiger partial charge is 0.241 e. The lowest BCUT2D eigenvalue weighted by Gasteiger charge is -2.26. The monoisotopic (exact) mass is 171 g/mol. The quantitative estimate of drug-likeness (QED) is 0.568. The van der Waals surface area contributed by atoms with Crippen molar-refractivity contribution in [1.29, 1.82) is 5.26 Å². The van der Waals surface area contributed by atoms with Gasteiger partial charge < -0.3 is 0 Å². The topological polar surface area (TPSA) is 40.9 Å². The molecule has 0 radical (unpaired) electrons. The fourth-order valence-electron chi connectivity index (χ4n) is 1.51. The molecule has 0 atom stereocenters. The maximum Gasteiger partial charge on any atom is 0.241 e. The van der Waals surface area contributed by atoms with Crippen LogP contribution in [-0.4, -0.2) is 5.24 Å². The lowest BCUT2D eigenvalue weighted by atomic mass is 9.76. The largest absolute Gasteiger partial charge is 0.279 e. The molecule has 1 rings (SSSR count). The van der Waals surface area contributed by atoms with Gasteiger partial charge in [-0.25, -0.2) is 0 Å². The average molecular weight is 172 g/mol. The first kappa shape index (κ1) is 8.55. The van der Waals surface area contributed by atoms with Gasteiger partial charge in [0.1, 0.15) is 5.41 Å². The van der Waals surface area contributed by atoms with Gasteiger partial charge in [0.2, 0.25) is 5.24 Å². The molecule has 3 heteroatoms. The number of nitrogens with zero attached hydrogens (tertiary/aromatic N) is 1. The molecular formula is C8H10ClNO. The van der Waals surface area contributed by atoms with E-state index < -0.39 is 10.7 Å². The Morgan fingerprint density at radius 2 is 1.91 bits per heavy atom. The Kier molecular flexibility index (Phi) is 2.51. The van der Waals surface area contributed by atoms with Crippen molar-refractivity contribution in [2.75, 3.05) is 0 Å². The van der Waals surface area contributed by atoms with E-state index in [1.165, 1.54) is 0 Å². The van der Waals surface area contributed by atoms with Crippen molar-refractivity contribution in [3.05, 3.63) is 0 Å². The van der Waals surface area contributed by atoms with Crippen LogP contribution in [0.3, 0.4) is 0 Å². The molecule has 60 valence electrons. The summed E-state index contributed by atoms with van der Waals surface area (Å²) in [6.07, 6.45) is 4.31. The SMILES string of the molecule is N#CC1(C(=O)Cl)CCCCC1. The Labute approximate surface area is 71.1 Å². The summed E-state index contributed by atoms with van der Waals surface area (Å²) < 4.78 is 0. The summed E-state index contributed by atoms with van der Waals surface area (Å²) in [5.74, 6) is 0. The number of nitriles is 1. The molecule has 0 bridgehead atoms. The molecule has 11 heavy (non-hydrogen) atoms. The molecule has 2 nitrogen and oxygen atoms in total. The number of hydrogen-bond donors (Lipinski definition) is 0. The predicted molar refractivity (Wildman–Crippen MR) is 42.0 cm³/mol. The molecule has 0 amide bonds. The third kappa shape index (κ3) is 1.54. The van der Waals surface area contributed by atoms with Crippen LogP contribution in [0.15, 0.2) is 0 Å². The second-order valence-electron chi connectivity index (χ2n) is 3.03. The van der Waals surface area contributed by atoms with E-state index in [-0.39, 0.29) is 0 Å². The Morgan fingerprint density at radius 1 is 1.36 bits per heavy atom. The van der Waals surface area contributed by atoms with Gasteiger partial charge in [-0.15, -0.1) is 0 Å². The van der Waals surface area contributed by atoms with Crippen LogP contribution in [-0.2, 0) is 4.79 Å². The summed E-state index contributed by atoms with van der Waals surface area (Å²) in [6.45, 7) is 0. The zero-order chi connectivity index (χ0) is 8.32. The second-order valence-corrected chi connectivity index (χ2v) is 3.37. The van der Waals surface area contributed by atoms with E-state index in [0.29, 0.717) is 12.8 Å². The normalized spacial score (nSPS) is 22.2. The molecule has 0 aromatic heterocycles. The van der Waals surface area contributed by atoms with Crippen molar-refractivity contribution in [2.45, 2.75) is 32.1 Å². The van der Waals surface area contributed by atoms with E-state index in [0.717, 1.165) is 19.3 Å². The molecule has 0 aromatic rings. The second kappa shape index (κ2) is 3.23. The van der Waals surface area contributed by atoms with E-state index in [4.69, 9.17) is 16.9 Å². The van der Waals surface area contributed by atoms with Crippen LogP contribution in [0.4, 0.5) is 0 Å². The van der Waals surface area contributed by atoms with Crippen molar-refractivity contribution in [3.63, 3.8) is 0 Å². The van der Waals surface area contributed by atoms with Gasteiger partial charge in [-0.05, 0) is 24.4 Å². The lowest BCUT2D eigenvalue weighted by Crippen LogP contribution is -2.28. The Bertz CT molecular complexity index is 201. The van der Waals surface area contributed by atoms with Gasteiger partial charge in [0.15, 0.2) is 0 Å². The van der Waals surface area contributed by atoms with Gasteiger partial charge in [0.05, 0.1) is 6.07 Å². The summed E-state index contributed by atoms with van der Waals surface area (Å²) in [6, 6.07) is 2.04. The highest BCUT2D eigenvalue weighted by molar-refractivity contribution is 6.65. The summed E-state index contributed by atoms with van der Waals surface area (Å²) in [5, 5.41) is 8.28. The van der Waals surface area contributed by atoms with Crippen molar-refractivity contribution < 1.29 is 4.79 Å². The number of halogens is 1. The van der Waals surface area contributed by atoms with Gasteiger partial charge in [-0.2, -0.15) is 5.26 Å². The van der Waals surface area contributed by atoms with Crippen LogP contribution < -0.4 is 0 Å².